The highest BCUT2D eigenvalue weighted by Gasteiger charge is 2.07. The predicted octanol–water partition coefficient (Wildman–Crippen LogP) is 1.42. The minimum absolute atomic E-state index is 0.239. The van der Waals surface area contributed by atoms with Gasteiger partial charge in [-0.3, -0.25) is 0 Å². The van der Waals surface area contributed by atoms with Gasteiger partial charge in [-0.25, -0.2) is 8.42 Å². The Morgan fingerprint density at radius 1 is 1.35 bits per heavy atom. The summed E-state index contributed by atoms with van der Waals surface area (Å²) in [6.45, 7) is 6.31. The van der Waals surface area contributed by atoms with Crippen LogP contribution in [0.25, 0.3) is 0 Å². The predicted molar refractivity (Wildman–Crippen MR) is 70.8 cm³/mol. The van der Waals surface area contributed by atoms with E-state index >= 15 is 0 Å². The molecule has 0 aliphatic heterocycles. The lowest BCUT2D eigenvalue weighted by molar-refractivity contribution is 0.580. The van der Waals surface area contributed by atoms with E-state index in [-0.39, 0.29) is 11.5 Å². The van der Waals surface area contributed by atoms with Gasteiger partial charge in [-0.1, -0.05) is 13.8 Å². The van der Waals surface area contributed by atoms with Crippen molar-refractivity contribution in [1.82, 2.24) is 9.88 Å². The number of rotatable bonds is 8. The van der Waals surface area contributed by atoms with Crippen LogP contribution in [0.15, 0.2) is 18.3 Å². The molecule has 5 heteroatoms. The molecule has 98 valence electrons. The van der Waals surface area contributed by atoms with E-state index in [1.807, 2.05) is 12.3 Å². The van der Waals surface area contributed by atoms with Crippen molar-refractivity contribution in [3.63, 3.8) is 0 Å². The first-order chi connectivity index (χ1) is 8.09. The molecule has 0 aromatic carbocycles. The Labute approximate surface area is 104 Å². The van der Waals surface area contributed by atoms with Gasteiger partial charge in [-0.15, -0.1) is 0 Å². The molecule has 1 N–H and O–H groups in total. The number of aromatic nitrogens is 1. The Kier molecular flexibility index (Phi) is 5.71. The fourth-order valence-electron chi connectivity index (χ4n) is 1.68. The maximum atomic E-state index is 11.4. The second-order valence-corrected chi connectivity index (χ2v) is 6.54. The van der Waals surface area contributed by atoms with Crippen LogP contribution in [0.5, 0.6) is 0 Å². The zero-order valence-corrected chi connectivity index (χ0v) is 11.5. The summed E-state index contributed by atoms with van der Waals surface area (Å²) in [5.41, 5.74) is 1.21. The number of nitrogens with one attached hydrogen (secondary N) is 1. The minimum atomic E-state index is -2.83. The molecule has 1 rings (SSSR count). The van der Waals surface area contributed by atoms with Crippen molar-refractivity contribution in [3.05, 3.63) is 24.0 Å². The molecule has 0 spiro atoms. The van der Waals surface area contributed by atoms with Gasteiger partial charge >= 0.3 is 0 Å². The normalized spacial score (nSPS) is 11.9. The molecule has 0 unspecified atom stereocenters. The summed E-state index contributed by atoms with van der Waals surface area (Å²) in [5, 5.41) is 3.27. The van der Waals surface area contributed by atoms with E-state index in [1.165, 1.54) is 5.69 Å². The summed E-state index contributed by atoms with van der Waals surface area (Å²) in [4.78, 5) is 0. The molecule has 0 bridgehead atoms. The van der Waals surface area contributed by atoms with Crippen molar-refractivity contribution in [3.8, 4) is 0 Å². The van der Waals surface area contributed by atoms with E-state index in [9.17, 15) is 8.42 Å². The third-order valence-corrected chi connectivity index (χ3v) is 4.56. The number of hydrogen-bond acceptors (Lipinski definition) is 3. The summed E-state index contributed by atoms with van der Waals surface area (Å²) in [7, 11) is -2.83. The molecule has 1 aromatic heterocycles. The Hall–Kier alpha value is -0.810. The van der Waals surface area contributed by atoms with E-state index in [0.717, 1.165) is 19.6 Å². The van der Waals surface area contributed by atoms with E-state index in [1.54, 1.807) is 6.92 Å². The van der Waals surface area contributed by atoms with Gasteiger partial charge in [-0.2, -0.15) is 0 Å². The minimum Gasteiger partial charge on any atom is -0.350 e. The first kappa shape index (κ1) is 14.3. The van der Waals surface area contributed by atoms with Gasteiger partial charge in [0.15, 0.2) is 0 Å². The topological polar surface area (TPSA) is 51.1 Å². The van der Waals surface area contributed by atoms with Crippen molar-refractivity contribution >= 4 is 9.84 Å². The largest absolute Gasteiger partial charge is 0.350 e. The molecule has 0 aliphatic carbocycles. The lowest BCUT2D eigenvalue weighted by Crippen LogP contribution is -2.16. The lowest BCUT2D eigenvalue weighted by Gasteiger charge is -2.09. The fourth-order valence-corrected chi connectivity index (χ4v) is 2.54. The molecule has 0 atom stereocenters. The van der Waals surface area contributed by atoms with E-state index < -0.39 is 9.84 Å². The maximum absolute atomic E-state index is 11.4. The zero-order chi connectivity index (χ0) is 12.7. The number of aryl methyl sites for hydroxylation is 1. The highest BCUT2D eigenvalue weighted by molar-refractivity contribution is 7.91. The van der Waals surface area contributed by atoms with E-state index in [0.29, 0.717) is 6.42 Å². The first-order valence-corrected chi connectivity index (χ1v) is 7.96. The molecule has 17 heavy (non-hydrogen) atoms. The smallest absolute Gasteiger partial charge is 0.150 e. The molecular formula is C12H22N2O2S. The van der Waals surface area contributed by atoms with Crippen LogP contribution < -0.4 is 5.32 Å². The van der Waals surface area contributed by atoms with Gasteiger partial charge in [0.1, 0.15) is 9.84 Å². The molecule has 0 aliphatic rings. The zero-order valence-electron chi connectivity index (χ0n) is 10.6. The second-order valence-electron chi connectivity index (χ2n) is 4.06. The summed E-state index contributed by atoms with van der Waals surface area (Å²) >= 11 is 0. The van der Waals surface area contributed by atoms with Crippen LogP contribution in [0, 0.1) is 0 Å². The van der Waals surface area contributed by atoms with Crippen LogP contribution in [0.1, 0.15) is 26.0 Å². The Morgan fingerprint density at radius 2 is 2.12 bits per heavy atom. The monoisotopic (exact) mass is 258 g/mol. The summed E-state index contributed by atoms with van der Waals surface area (Å²) in [6, 6.07) is 4.07. The summed E-state index contributed by atoms with van der Waals surface area (Å²) in [6.07, 6.45) is 2.69. The van der Waals surface area contributed by atoms with Crippen LogP contribution in [0.3, 0.4) is 0 Å². The Morgan fingerprint density at radius 3 is 2.76 bits per heavy atom. The quantitative estimate of drug-likeness (QED) is 0.767. The fraction of sp³-hybridized carbons (Fsp3) is 0.667. The summed E-state index contributed by atoms with van der Waals surface area (Å²) in [5.74, 6) is 0.519. The molecule has 0 fully saturated rings. The van der Waals surface area contributed by atoms with Crippen molar-refractivity contribution in [1.29, 1.82) is 0 Å². The average molecular weight is 258 g/mol. The third kappa shape index (κ3) is 4.91. The third-order valence-electron chi connectivity index (χ3n) is 2.77. The first-order valence-electron chi connectivity index (χ1n) is 6.14. The van der Waals surface area contributed by atoms with Gasteiger partial charge < -0.3 is 9.88 Å². The Balaban J connectivity index is 2.44. The second kappa shape index (κ2) is 6.81. The van der Waals surface area contributed by atoms with Crippen molar-refractivity contribution in [2.75, 3.05) is 18.1 Å². The molecular weight excluding hydrogens is 236 g/mol. The molecule has 1 heterocycles. The van der Waals surface area contributed by atoms with Gasteiger partial charge in [0.2, 0.25) is 0 Å². The van der Waals surface area contributed by atoms with Gasteiger partial charge in [0.25, 0.3) is 0 Å². The van der Waals surface area contributed by atoms with Crippen LogP contribution in [-0.2, 0) is 22.9 Å². The number of nitrogens with zero attached hydrogens (tertiary/aromatic N) is 1. The highest BCUT2D eigenvalue weighted by Crippen LogP contribution is 2.04. The average Bonchev–Trinajstić information content (AvgIpc) is 2.74. The Bertz CT molecular complexity index is 423. The van der Waals surface area contributed by atoms with Gasteiger partial charge in [-0.05, 0) is 25.1 Å². The molecule has 0 saturated carbocycles. The van der Waals surface area contributed by atoms with Gasteiger partial charge in [0.05, 0.1) is 5.75 Å². The van der Waals surface area contributed by atoms with E-state index in [2.05, 4.69) is 22.9 Å². The number of sulfone groups is 1. The molecule has 4 nitrogen and oxygen atoms in total. The highest BCUT2D eigenvalue weighted by atomic mass is 32.2. The van der Waals surface area contributed by atoms with Crippen LogP contribution in [-0.4, -0.2) is 31.0 Å². The van der Waals surface area contributed by atoms with Crippen LogP contribution in [0.4, 0.5) is 0 Å². The van der Waals surface area contributed by atoms with Crippen LogP contribution in [0.2, 0.25) is 0 Å². The molecule has 1 aromatic rings. The van der Waals surface area contributed by atoms with Crippen molar-refractivity contribution < 1.29 is 8.42 Å². The van der Waals surface area contributed by atoms with Gasteiger partial charge in [0, 0.05) is 30.7 Å². The standard InChI is InChI=1S/C12H22N2O2S/c1-3-13-11-12-7-5-8-14(12)9-6-10-17(15,16)4-2/h5,7-8,13H,3-4,6,9-11H2,1-2H3. The molecule has 0 radical (unpaired) electrons. The molecule has 0 amide bonds. The van der Waals surface area contributed by atoms with Crippen molar-refractivity contribution in [2.45, 2.75) is 33.4 Å². The summed E-state index contributed by atoms with van der Waals surface area (Å²) < 4.78 is 24.8. The SMILES string of the molecule is CCNCc1cccn1CCCS(=O)(=O)CC. The number of hydrogen-bond donors (Lipinski definition) is 1. The molecule has 0 saturated heterocycles. The van der Waals surface area contributed by atoms with Crippen LogP contribution >= 0.6 is 0 Å². The maximum Gasteiger partial charge on any atom is 0.150 e. The van der Waals surface area contributed by atoms with E-state index in [4.69, 9.17) is 0 Å². The lowest BCUT2D eigenvalue weighted by atomic mass is 10.4. The van der Waals surface area contributed by atoms with Crippen molar-refractivity contribution in [2.24, 2.45) is 0 Å².